The number of hydrogen-bond acceptors (Lipinski definition) is 6. The number of benzene rings is 1. The zero-order valence-electron chi connectivity index (χ0n) is 18.6. The van der Waals surface area contributed by atoms with Gasteiger partial charge in [0.25, 0.3) is 5.91 Å². The highest BCUT2D eigenvalue weighted by molar-refractivity contribution is 7.13. The summed E-state index contributed by atoms with van der Waals surface area (Å²) in [5.41, 5.74) is 2.63. The number of carbonyl (C=O) groups is 1. The van der Waals surface area contributed by atoms with Crippen molar-refractivity contribution >= 4 is 17.2 Å². The summed E-state index contributed by atoms with van der Waals surface area (Å²) in [6.07, 6.45) is 1.77. The molecule has 0 radical (unpaired) electrons. The second-order valence-electron chi connectivity index (χ2n) is 8.74. The lowest BCUT2D eigenvalue weighted by atomic mass is 10.0. The van der Waals surface area contributed by atoms with Crippen LogP contribution < -0.4 is 5.32 Å². The van der Waals surface area contributed by atoms with Crippen molar-refractivity contribution in [2.24, 2.45) is 0 Å². The Morgan fingerprint density at radius 3 is 2.62 bits per heavy atom. The van der Waals surface area contributed by atoms with Crippen LogP contribution in [0.3, 0.4) is 0 Å². The Balaban J connectivity index is 1.54. The SMILES string of the molecule is CC(C)(C)n1ncc(-c2nc(C(=O)NCCN3CCOCC3)cs2)c1-c1ccc(F)cc1. The number of nitrogens with one attached hydrogen (secondary N) is 1. The lowest BCUT2D eigenvalue weighted by molar-refractivity contribution is 0.0383. The van der Waals surface area contributed by atoms with Gasteiger partial charge in [0.1, 0.15) is 16.5 Å². The molecule has 1 saturated heterocycles. The number of rotatable bonds is 6. The van der Waals surface area contributed by atoms with Crippen LogP contribution in [0.4, 0.5) is 4.39 Å². The van der Waals surface area contributed by atoms with Gasteiger partial charge in [-0.25, -0.2) is 9.37 Å². The first-order valence-electron chi connectivity index (χ1n) is 10.7. The normalized spacial score (nSPS) is 15.1. The molecule has 1 N–H and O–H groups in total. The summed E-state index contributed by atoms with van der Waals surface area (Å²) in [7, 11) is 0. The lowest BCUT2D eigenvalue weighted by Crippen LogP contribution is -2.41. The molecule has 0 atom stereocenters. The van der Waals surface area contributed by atoms with Gasteiger partial charge in [-0.2, -0.15) is 5.10 Å². The van der Waals surface area contributed by atoms with Gasteiger partial charge in [-0.3, -0.25) is 14.4 Å². The molecule has 1 aromatic carbocycles. The fraction of sp³-hybridized carbons (Fsp3) is 0.435. The van der Waals surface area contributed by atoms with Crippen molar-refractivity contribution < 1.29 is 13.9 Å². The smallest absolute Gasteiger partial charge is 0.270 e. The highest BCUT2D eigenvalue weighted by Crippen LogP contribution is 2.36. The summed E-state index contributed by atoms with van der Waals surface area (Å²) < 4.78 is 20.8. The first kappa shape index (κ1) is 22.6. The summed E-state index contributed by atoms with van der Waals surface area (Å²) in [5.74, 6) is -0.477. The van der Waals surface area contributed by atoms with E-state index in [0.717, 1.165) is 49.7 Å². The van der Waals surface area contributed by atoms with E-state index in [1.165, 1.54) is 23.5 Å². The topological polar surface area (TPSA) is 72.3 Å². The average Bonchev–Trinajstić information content (AvgIpc) is 3.42. The third-order valence-electron chi connectivity index (χ3n) is 5.31. The molecule has 1 aliphatic heterocycles. The molecule has 7 nitrogen and oxygen atoms in total. The number of nitrogens with zero attached hydrogens (tertiary/aromatic N) is 4. The standard InChI is InChI=1S/C23H28FN5O2S/c1-23(2,3)29-20(16-4-6-17(24)7-5-16)18(14-26-29)22-27-19(15-32-22)21(30)25-8-9-28-10-12-31-13-11-28/h4-7,14-15H,8-13H2,1-3H3,(H,25,30). The maximum atomic E-state index is 13.5. The first-order valence-corrected chi connectivity index (χ1v) is 11.6. The number of thiazole rings is 1. The van der Waals surface area contributed by atoms with Gasteiger partial charge in [0.15, 0.2) is 0 Å². The lowest BCUT2D eigenvalue weighted by Gasteiger charge is -2.26. The van der Waals surface area contributed by atoms with E-state index in [-0.39, 0.29) is 17.3 Å². The maximum absolute atomic E-state index is 13.5. The van der Waals surface area contributed by atoms with Crippen LogP contribution in [0.2, 0.25) is 0 Å². The number of morpholine rings is 1. The van der Waals surface area contributed by atoms with Crippen LogP contribution in [0.1, 0.15) is 31.3 Å². The van der Waals surface area contributed by atoms with Gasteiger partial charge in [0.2, 0.25) is 0 Å². The monoisotopic (exact) mass is 457 g/mol. The number of ether oxygens (including phenoxy) is 1. The van der Waals surface area contributed by atoms with E-state index in [1.54, 1.807) is 23.7 Å². The minimum Gasteiger partial charge on any atom is -0.379 e. The Bertz CT molecular complexity index is 1060. The molecule has 0 saturated carbocycles. The third kappa shape index (κ3) is 5.06. The van der Waals surface area contributed by atoms with E-state index < -0.39 is 0 Å². The van der Waals surface area contributed by atoms with Crippen LogP contribution in [0, 0.1) is 5.82 Å². The fourth-order valence-electron chi connectivity index (χ4n) is 3.64. The van der Waals surface area contributed by atoms with Crippen molar-refractivity contribution in [3.63, 3.8) is 0 Å². The second kappa shape index (κ2) is 9.48. The van der Waals surface area contributed by atoms with E-state index in [9.17, 15) is 9.18 Å². The van der Waals surface area contributed by atoms with Gasteiger partial charge in [-0.1, -0.05) is 0 Å². The second-order valence-corrected chi connectivity index (χ2v) is 9.60. The predicted molar refractivity (Wildman–Crippen MR) is 123 cm³/mol. The number of amides is 1. The number of aromatic nitrogens is 3. The zero-order valence-corrected chi connectivity index (χ0v) is 19.4. The summed E-state index contributed by atoms with van der Waals surface area (Å²) in [4.78, 5) is 19.5. The largest absolute Gasteiger partial charge is 0.379 e. The van der Waals surface area contributed by atoms with E-state index in [1.807, 2.05) is 4.68 Å². The van der Waals surface area contributed by atoms with Gasteiger partial charge in [0, 0.05) is 37.1 Å². The molecule has 3 aromatic rings. The Kier molecular flexibility index (Phi) is 6.68. The molecular formula is C23H28FN5O2S. The van der Waals surface area contributed by atoms with Crippen LogP contribution >= 0.6 is 11.3 Å². The summed E-state index contributed by atoms with van der Waals surface area (Å²) in [6.45, 7) is 10.8. The Hall–Kier alpha value is -2.62. The van der Waals surface area contributed by atoms with Crippen LogP contribution in [0.5, 0.6) is 0 Å². The molecule has 0 spiro atoms. The first-order chi connectivity index (χ1) is 15.3. The quantitative estimate of drug-likeness (QED) is 0.612. The summed E-state index contributed by atoms with van der Waals surface area (Å²) >= 11 is 1.40. The molecule has 0 bridgehead atoms. The molecule has 32 heavy (non-hydrogen) atoms. The van der Waals surface area contributed by atoms with Crippen molar-refractivity contribution in [1.29, 1.82) is 0 Å². The number of halogens is 1. The van der Waals surface area contributed by atoms with Gasteiger partial charge in [-0.15, -0.1) is 11.3 Å². The van der Waals surface area contributed by atoms with Crippen molar-refractivity contribution in [3.8, 4) is 21.8 Å². The molecule has 170 valence electrons. The molecule has 0 unspecified atom stereocenters. The van der Waals surface area contributed by atoms with Crippen LogP contribution in [0.15, 0.2) is 35.8 Å². The van der Waals surface area contributed by atoms with Crippen molar-refractivity contribution in [2.75, 3.05) is 39.4 Å². The Labute approximate surface area is 191 Å². The van der Waals surface area contributed by atoms with Crippen LogP contribution in [-0.4, -0.2) is 65.0 Å². The Morgan fingerprint density at radius 1 is 1.22 bits per heavy atom. The minimum atomic E-state index is -0.289. The summed E-state index contributed by atoms with van der Waals surface area (Å²) in [5, 5.41) is 10.0. The fourth-order valence-corrected chi connectivity index (χ4v) is 4.45. The molecule has 4 rings (SSSR count). The van der Waals surface area contributed by atoms with Crippen molar-refractivity contribution in [2.45, 2.75) is 26.3 Å². The van der Waals surface area contributed by atoms with Gasteiger partial charge in [-0.05, 0) is 45.0 Å². The van der Waals surface area contributed by atoms with Gasteiger partial charge < -0.3 is 10.1 Å². The van der Waals surface area contributed by atoms with Gasteiger partial charge in [0.05, 0.1) is 36.2 Å². The van der Waals surface area contributed by atoms with E-state index in [2.05, 4.69) is 41.1 Å². The highest BCUT2D eigenvalue weighted by Gasteiger charge is 2.25. The molecule has 3 heterocycles. The Morgan fingerprint density at radius 2 is 1.94 bits per heavy atom. The molecule has 9 heteroatoms. The van der Waals surface area contributed by atoms with Crippen LogP contribution in [0.25, 0.3) is 21.8 Å². The molecule has 1 amide bonds. The number of carbonyl (C=O) groups excluding carboxylic acids is 1. The van der Waals surface area contributed by atoms with Crippen molar-refractivity contribution in [1.82, 2.24) is 25.0 Å². The van der Waals surface area contributed by atoms with E-state index >= 15 is 0 Å². The molecule has 1 aliphatic rings. The van der Waals surface area contributed by atoms with E-state index in [0.29, 0.717) is 17.2 Å². The predicted octanol–water partition coefficient (Wildman–Crippen LogP) is 3.63. The van der Waals surface area contributed by atoms with Gasteiger partial charge >= 0.3 is 0 Å². The molecule has 2 aromatic heterocycles. The molecule has 0 aliphatic carbocycles. The zero-order chi connectivity index (χ0) is 22.7. The minimum absolute atomic E-state index is 0.188. The van der Waals surface area contributed by atoms with Crippen molar-refractivity contribution in [3.05, 3.63) is 47.4 Å². The molecular weight excluding hydrogens is 429 g/mol. The average molecular weight is 458 g/mol. The highest BCUT2D eigenvalue weighted by atomic mass is 32.1. The molecule has 1 fully saturated rings. The maximum Gasteiger partial charge on any atom is 0.270 e. The third-order valence-corrected chi connectivity index (χ3v) is 6.18. The van der Waals surface area contributed by atoms with Crippen LogP contribution in [-0.2, 0) is 10.3 Å². The summed E-state index contributed by atoms with van der Waals surface area (Å²) in [6, 6.07) is 6.36. The number of hydrogen-bond donors (Lipinski definition) is 1. The van der Waals surface area contributed by atoms with E-state index in [4.69, 9.17) is 4.74 Å².